The van der Waals surface area contributed by atoms with Gasteiger partial charge in [0.05, 0.1) is 23.9 Å². The molecule has 0 radical (unpaired) electrons. The number of nitrogens with zero attached hydrogens (tertiary/aromatic N) is 4. The van der Waals surface area contributed by atoms with Crippen LogP contribution in [-0.2, 0) is 13.0 Å². The second-order valence-electron chi connectivity index (χ2n) is 3.75. The SMILES string of the molecule is CCc1nnsc1C(O)c1c(OC)cnn1CC. The minimum Gasteiger partial charge on any atom is -0.493 e. The van der Waals surface area contributed by atoms with Crippen LogP contribution in [0.1, 0.15) is 36.2 Å². The van der Waals surface area contributed by atoms with Gasteiger partial charge in [0, 0.05) is 6.54 Å². The van der Waals surface area contributed by atoms with E-state index in [9.17, 15) is 5.11 Å². The second kappa shape index (κ2) is 5.45. The summed E-state index contributed by atoms with van der Waals surface area (Å²) in [4.78, 5) is 0.756. The summed E-state index contributed by atoms with van der Waals surface area (Å²) >= 11 is 1.21. The van der Waals surface area contributed by atoms with E-state index in [1.807, 2.05) is 13.8 Å². The highest BCUT2D eigenvalue weighted by Crippen LogP contribution is 2.32. The van der Waals surface area contributed by atoms with Crippen LogP contribution in [0.2, 0.25) is 0 Å². The van der Waals surface area contributed by atoms with E-state index in [4.69, 9.17) is 4.74 Å². The molecule has 1 atom stereocenters. The molecule has 0 amide bonds. The maximum Gasteiger partial charge on any atom is 0.163 e. The smallest absolute Gasteiger partial charge is 0.163 e. The summed E-state index contributed by atoms with van der Waals surface area (Å²) in [7, 11) is 1.57. The third-order valence-electron chi connectivity index (χ3n) is 2.79. The van der Waals surface area contributed by atoms with Crippen LogP contribution in [0.3, 0.4) is 0 Å². The molecule has 0 bridgehead atoms. The van der Waals surface area contributed by atoms with Crippen molar-refractivity contribution in [3.05, 3.63) is 22.5 Å². The molecule has 2 heterocycles. The summed E-state index contributed by atoms with van der Waals surface area (Å²) in [6.07, 6.45) is 1.56. The van der Waals surface area contributed by atoms with Gasteiger partial charge >= 0.3 is 0 Å². The highest BCUT2D eigenvalue weighted by molar-refractivity contribution is 7.05. The predicted octanol–water partition coefficient (Wildman–Crippen LogP) is 1.41. The Morgan fingerprint density at radius 2 is 2.28 bits per heavy atom. The molecular formula is C11H16N4O2S. The normalized spacial score (nSPS) is 12.7. The van der Waals surface area contributed by atoms with Gasteiger partial charge in [-0.3, -0.25) is 4.68 Å². The standard InChI is InChI=1S/C11H16N4O2S/c1-4-7-11(18-14-13-7)10(16)9-8(17-3)6-12-15(9)5-2/h6,10,16H,4-5H2,1-3H3. The maximum absolute atomic E-state index is 10.5. The first-order valence-corrected chi connectivity index (χ1v) is 6.59. The Labute approximate surface area is 109 Å². The number of aliphatic hydroxyl groups excluding tert-OH is 1. The highest BCUT2D eigenvalue weighted by atomic mass is 32.1. The number of aryl methyl sites for hydroxylation is 2. The number of rotatable bonds is 5. The number of hydrogen-bond donors (Lipinski definition) is 1. The molecule has 2 rings (SSSR count). The van der Waals surface area contributed by atoms with Gasteiger partial charge in [-0.15, -0.1) is 5.10 Å². The van der Waals surface area contributed by atoms with Gasteiger partial charge in [-0.2, -0.15) is 5.10 Å². The van der Waals surface area contributed by atoms with Crippen molar-refractivity contribution in [1.29, 1.82) is 0 Å². The fourth-order valence-corrected chi connectivity index (χ4v) is 2.58. The van der Waals surface area contributed by atoms with Gasteiger partial charge in [0.15, 0.2) is 5.75 Å². The molecule has 2 aromatic heterocycles. The number of hydrogen-bond acceptors (Lipinski definition) is 6. The van der Waals surface area contributed by atoms with E-state index >= 15 is 0 Å². The number of methoxy groups -OCH3 is 1. The Morgan fingerprint density at radius 1 is 1.50 bits per heavy atom. The van der Waals surface area contributed by atoms with Crippen LogP contribution in [0.4, 0.5) is 0 Å². The Morgan fingerprint density at radius 3 is 2.89 bits per heavy atom. The van der Waals surface area contributed by atoms with Crippen molar-refractivity contribution in [2.75, 3.05) is 7.11 Å². The monoisotopic (exact) mass is 268 g/mol. The lowest BCUT2D eigenvalue weighted by Crippen LogP contribution is -2.10. The van der Waals surface area contributed by atoms with Crippen molar-refractivity contribution in [3.8, 4) is 5.75 Å². The summed E-state index contributed by atoms with van der Waals surface area (Å²) in [6, 6.07) is 0. The quantitative estimate of drug-likeness (QED) is 0.887. The maximum atomic E-state index is 10.5. The fourth-order valence-electron chi connectivity index (χ4n) is 1.86. The van der Waals surface area contributed by atoms with Crippen molar-refractivity contribution in [1.82, 2.24) is 19.4 Å². The van der Waals surface area contributed by atoms with Gasteiger partial charge in [-0.1, -0.05) is 11.4 Å². The Bertz CT molecular complexity index is 501. The molecule has 7 heteroatoms. The average molecular weight is 268 g/mol. The molecule has 0 saturated heterocycles. The zero-order valence-electron chi connectivity index (χ0n) is 10.6. The number of ether oxygens (including phenoxy) is 1. The van der Waals surface area contributed by atoms with Gasteiger partial charge in [-0.05, 0) is 24.9 Å². The molecule has 98 valence electrons. The van der Waals surface area contributed by atoms with Crippen molar-refractivity contribution < 1.29 is 9.84 Å². The van der Waals surface area contributed by atoms with Crippen molar-refractivity contribution >= 4 is 11.5 Å². The van der Waals surface area contributed by atoms with E-state index in [1.54, 1.807) is 18.0 Å². The predicted molar refractivity (Wildman–Crippen MR) is 67.8 cm³/mol. The minimum atomic E-state index is -0.794. The van der Waals surface area contributed by atoms with Crippen molar-refractivity contribution in [3.63, 3.8) is 0 Å². The second-order valence-corrected chi connectivity index (χ2v) is 4.54. The third-order valence-corrected chi connectivity index (χ3v) is 3.61. The lowest BCUT2D eigenvalue weighted by atomic mass is 10.1. The molecule has 1 unspecified atom stereocenters. The van der Waals surface area contributed by atoms with E-state index in [1.165, 1.54) is 11.5 Å². The summed E-state index contributed by atoms with van der Waals surface area (Å²) in [6.45, 7) is 4.62. The van der Waals surface area contributed by atoms with Gasteiger partial charge in [-0.25, -0.2) is 0 Å². The molecule has 0 saturated carbocycles. The largest absolute Gasteiger partial charge is 0.493 e. The van der Waals surface area contributed by atoms with E-state index < -0.39 is 6.10 Å². The van der Waals surface area contributed by atoms with Crippen LogP contribution in [0.15, 0.2) is 6.20 Å². The summed E-state index contributed by atoms with van der Waals surface area (Å²) in [5, 5.41) is 18.7. The molecule has 6 nitrogen and oxygen atoms in total. The van der Waals surface area contributed by atoms with Gasteiger partial charge in [0.1, 0.15) is 11.8 Å². The number of aromatic nitrogens is 4. The highest BCUT2D eigenvalue weighted by Gasteiger charge is 2.25. The molecule has 2 aromatic rings. The Kier molecular flexibility index (Phi) is 3.93. The fraction of sp³-hybridized carbons (Fsp3) is 0.545. The molecule has 18 heavy (non-hydrogen) atoms. The molecule has 0 aliphatic heterocycles. The Balaban J connectivity index is 2.44. The topological polar surface area (TPSA) is 73.1 Å². The van der Waals surface area contributed by atoms with E-state index in [2.05, 4.69) is 14.7 Å². The first-order chi connectivity index (χ1) is 8.72. The van der Waals surface area contributed by atoms with Gasteiger partial charge in [0.25, 0.3) is 0 Å². The van der Waals surface area contributed by atoms with Gasteiger partial charge < -0.3 is 9.84 Å². The van der Waals surface area contributed by atoms with Crippen molar-refractivity contribution in [2.24, 2.45) is 0 Å². The Hall–Kier alpha value is -1.47. The van der Waals surface area contributed by atoms with Crippen LogP contribution in [0.25, 0.3) is 0 Å². The van der Waals surface area contributed by atoms with Crippen LogP contribution in [0.5, 0.6) is 5.75 Å². The molecule has 0 spiro atoms. The average Bonchev–Trinajstić information content (AvgIpc) is 3.03. The first kappa shape index (κ1) is 13.0. The van der Waals surface area contributed by atoms with Crippen molar-refractivity contribution in [2.45, 2.75) is 32.9 Å². The molecule has 0 fully saturated rings. The summed E-state index contributed by atoms with van der Waals surface area (Å²) < 4.78 is 10.9. The minimum absolute atomic E-state index is 0.583. The van der Waals surface area contributed by atoms with Crippen LogP contribution in [-0.4, -0.2) is 31.6 Å². The van der Waals surface area contributed by atoms with Crippen LogP contribution >= 0.6 is 11.5 Å². The zero-order chi connectivity index (χ0) is 13.1. The van der Waals surface area contributed by atoms with Crippen LogP contribution in [0, 0.1) is 0 Å². The van der Waals surface area contributed by atoms with E-state index in [0.717, 1.165) is 17.0 Å². The first-order valence-electron chi connectivity index (χ1n) is 5.81. The van der Waals surface area contributed by atoms with E-state index in [-0.39, 0.29) is 0 Å². The molecule has 0 aromatic carbocycles. The van der Waals surface area contributed by atoms with Crippen LogP contribution < -0.4 is 4.74 Å². The summed E-state index contributed by atoms with van der Waals surface area (Å²) in [5.41, 5.74) is 1.47. The lowest BCUT2D eigenvalue weighted by molar-refractivity contribution is 0.205. The zero-order valence-corrected chi connectivity index (χ0v) is 11.4. The molecular weight excluding hydrogens is 252 g/mol. The summed E-state index contributed by atoms with van der Waals surface area (Å²) in [5.74, 6) is 0.583. The molecule has 0 aliphatic rings. The molecule has 0 aliphatic carbocycles. The van der Waals surface area contributed by atoms with Gasteiger partial charge in [0.2, 0.25) is 0 Å². The molecule has 1 N–H and O–H groups in total. The number of aliphatic hydroxyl groups is 1. The third kappa shape index (κ3) is 2.11. The lowest BCUT2D eigenvalue weighted by Gasteiger charge is -2.13. The van der Waals surface area contributed by atoms with E-state index in [0.29, 0.717) is 18.0 Å².